The van der Waals surface area contributed by atoms with Gasteiger partial charge in [-0.05, 0) is 26.0 Å². The van der Waals surface area contributed by atoms with Crippen molar-refractivity contribution in [1.29, 1.82) is 0 Å². The number of fused-ring (bicyclic) bond motifs is 1. The molecule has 0 amide bonds. The van der Waals surface area contributed by atoms with Crippen molar-refractivity contribution >= 4 is 11.0 Å². The summed E-state index contributed by atoms with van der Waals surface area (Å²) in [5, 5.41) is 4.32. The van der Waals surface area contributed by atoms with Crippen LogP contribution >= 0.6 is 0 Å². The van der Waals surface area contributed by atoms with Crippen molar-refractivity contribution in [2.45, 2.75) is 33.2 Å². The Morgan fingerprint density at radius 1 is 1.33 bits per heavy atom. The lowest BCUT2D eigenvalue weighted by Gasteiger charge is -2.06. The fourth-order valence-corrected chi connectivity index (χ4v) is 2.36. The first-order valence-electron chi connectivity index (χ1n) is 6.50. The van der Waals surface area contributed by atoms with Crippen LogP contribution in [0, 0.1) is 0 Å². The summed E-state index contributed by atoms with van der Waals surface area (Å²) in [6, 6.07) is 6.09. The van der Waals surface area contributed by atoms with E-state index >= 15 is 0 Å². The SMILES string of the molecule is CCOc1cccc2c(C(C)C)c(CNC)oc12. The van der Waals surface area contributed by atoms with Gasteiger partial charge in [0.2, 0.25) is 0 Å². The van der Waals surface area contributed by atoms with E-state index in [4.69, 9.17) is 9.15 Å². The molecular weight excluding hydrogens is 226 g/mol. The van der Waals surface area contributed by atoms with Gasteiger partial charge in [-0.1, -0.05) is 26.0 Å². The molecular formula is C15H21NO2. The fraction of sp³-hybridized carbons (Fsp3) is 0.467. The summed E-state index contributed by atoms with van der Waals surface area (Å²) in [4.78, 5) is 0. The van der Waals surface area contributed by atoms with E-state index in [-0.39, 0.29) is 0 Å². The molecule has 18 heavy (non-hydrogen) atoms. The van der Waals surface area contributed by atoms with Crippen LogP contribution in [-0.4, -0.2) is 13.7 Å². The molecule has 0 aliphatic heterocycles. The largest absolute Gasteiger partial charge is 0.490 e. The van der Waals surface area contributed by atoms with Crippen molar-refractivity contribution in [2.75, 3.05) is 13.7 Å². The van der Waals surface area contributed by atoms with Gasteiger partial charge in [0.1, 0.15) is 5.76 Å². The molecule has 3 heteroatoms. The van der Waals surface area contributed by atoms with Crippen molar-refractivity contribution in [1.82, 2.24) is 5.32 Å². The number of hydrogen-bond donors (Lipinski definition) is 1. The molecule has 0 spiro atoms. The molecule has 3 nitrogen and oxygen atoms in total. The van der Waals surface area contributed by atoms with Gasteiger partial charge in [0.25, 0.3) is 0 Å². The summed E-state index contributed by atoms with van der Waals surface area (Å²) < 4.78 is 11.6. The highest BCUT2D eigenvalue weighted by atomic mass is 16.5. The molecule has 0 bridgehead atoms. The zero-order chi connectivity index (χ0) is 13.1. The second kappa shape index (κ2) is 5.44. The Labute approximate surface area is 108 Å². The van der Waals surface area contributed by atoms with E-state index in [1.807, 2.05) is 26.1 Å². The molecule has 0 aliphatic carbocycles. The van der Waals surface area contributed by atoms with Crippen molar-refractivity contribution in [2.24, 2.45) is 0 Å². The van der Waals surface area contributed by atoms with Gasteiger partial charge in [-0.3, -0.25) is 0 Å². The van der Waals surface area contributed by atoms with Crippen molar-refractivity contribution in [3.63, 3.8) is 0 Å². The Morgan fingerprint density at radius 3 is 2.72 bits per heavy atom. The molecule has 2 rings (SSSR count). The maximum Gasteiger partial charge on any atom is 0.176 e. The summed E-state index contributed by atoms with van der Waals surface area (Å²) in [7, 11) is 1.93. The lowest BCUT2D eigenvalue weighted by atomic mass is 9.99. The Morgan fingerprint density at radius 2 is 2.11 bits per heavy atom. The van der Waals surface area contributed by atoms with Crippen LogP contribution in [-0.2, 0) is 6.54 Å². The van der Waals surface area contributed by atoms with Gasteiger partial charge in [-0.25, -0.2) is 0 Å². The van der Waals surface area contributed by atoms with E-state index in [9.17, 15) is 0 Å². The van der Waals surface area contributed by atoms with Crippen LogP contribution in [0.15, 0.2) is 22.6 Å². The van der Waals surface area contributed by atoms with Gasteiger partial charge in [-0.2, -0.15) is 0 Å². The normalized spacial score (nSPS) is 11.4. The van der Waals surface area contributed by atoms with Crippen LogP contribution in [0.3, 0.4) is 0 Å². The minimum Gasteiger partial charge on any atom is -0.490 e. The minimum atomic E-state index is 0.437. The fourth-order valence-electron chi connectivity index (χ4n) is 2.36. The molecule has 0 fully saturated rings. The smallest absolute Gasteiger partial charge is 0.176 e. The van der Waals surface area contributed by atoms with E-state index in [2.05, 4.69) is 25.2 Å². The Bertz CT molecular complexity index is 529. The standard InChI is InChI=1S/C15H21NO2/c1-5-17-12-8-6-7-11-14(10(2)3)13(9-16-4)18-15(11)12/h6-8,10,16H,5,9H2,1-4H3. The van der Waals surface area contributed by atoms with E-state index < -0.39 is 0 Å². The summed E-state index contributed by atoms with van der Waals surface area (Å²) in [6.07, 6.45) is 0. The van der Waals surface area contributed by atoms with Crippen LogP contribution in [0.25, 0.3) is 11.0 Å². The van der Waals surface area contributed by atoms with Crippen LogP contribution in [0.1, 0.15) is 38.0 Å². The molecule has 2 aromatic rings. The molecule has 0 aliphatic rings. The summed E-state index contributed by atoms with van der Waals surface area (Å²) in [5.74, 6) is 2.28. The molecule has 1 heterocycles. The molecule has 1 aromatic heterocycles. The second-order valence-corrected chi connectivity index (χ2v) is 4.69. The molecule has 98 valence electrons. The first kappa shape index (κ1) is 13.0. The van der Waals surface area contributed by atoms with Crippen molar-refractivity contribution in [3.05, 3.63) is 29.5 Å². The highest BCUT2D eigenvalue weighted by molar-refractivity contribution is 5.87. The summed E-state index contributed by atoms with van der Waals surface area (Å²) >= 11 is 0. The third-order valence-electron chi connectivity index (χ3n) is 3.01. The number of furan rings is 1. The van der Waals surface area contributed by atoms with Gasteiger partial charge in [0, 0.05) is 10.9 Å². The highest BCUT2D eigenvalue weighted by Crippen LogP contribution is 2.36. The molecule has 0 saturated heterocycles. The molecule has 0 radical (unpaired) electrons. The van der Waals surface area contributed by atoms with Gasteiger partial charge in [0.05, 0.1) is 13.2 Å². The van der Waals surface area contributed by atoms with Gasteiger partial charge in [-0.15, -0.1) is 0 Å². The molecule has 0 atom stereocenters. The highest BCUT2D eigenvalue weighted by Gasteiger charge is 2.18. The number of nitrogens with one attached hydrogen (secondary N) is 1. The Kier molecular flexibility index (Phi) is 3.92. The van der Waals surface area contributed by atoms with Crippen LogP contribution in [0.4, 0.5) is 0 Å². The van der Waals surface area contributed by atoms with Crippen molar-refractivity contribution in [3.8, 4) is 5.75 Å². The number of para-hydroxylation sites is 1. The van der Waals surface area contributed by atoms with Gasteiger partial charge in [0.15, 0.2) is 11.3 Å². The Hall–Kier alpha value is -1.48. The Balaban J connectivity index is 2.63. The first-order chi connectivity index (χ1) is 8.69. The molecule has 0 unspecified atom stereocenters. The molecule has 0 saturated carbocycles. The summed E-state index contributed by atoms with van der Waals surface area (Å²) in [5.41, 5.74) is 2.15. The first-order valence-corrected chi connectivity index (χ1v) is 6.50. The van der Waals surface area contributed by atoms with Gasteiger partial charge >= 0.3 is 0 Å². The lowest BCUT2D eigenvalue weighted by Crippen LogP contribution is -2.06. The molecule has 1 aromatic carbocycles. The predicted octanol–water partition coefficient (Wildman–Crippen LogP) is 3.67. The quantitative estimate of drug-likeness (QED) is 0.875. The monoisotopic (exact) mass is 247 g/mol. The van der Waals surface area contributed by atoms with E-state index in [0.717, 1.165) is 23.6 Å². The van der Waals surface area contributed by atoms with E-state index in [1.165, 1.54) is 10.9 Å². The van der Waals surface area contributed by atoms with Crippen molar-refractivity contribution < 1.29 is 9.15 Å². The number of rotatable bonds is 5. The number of hydrogen-bond acceptors (Lipinski definition) is 3. The number of ether oxygens (including phenoxy) is 1. The molecule has 1 N–H and O–H groups in total. The maximum atomic E-state index is 6.00. The third-order valence-corrected chi connectivity index (χ3v) is 3.01. The second-order valence-electron chi connectivity index (χ2n) is 4.69. The average Bonchev–Trinajstić information content (AvgIpc) is 2.69. The van der Waals surface area contributed by atoms with Gasteiger partial charge < -0.3 is 14.5 Å². The topological polar surface area (TPSA) is 34.4 Å². The zero-order valence-corrected chi connectivity index (χ0v) is 11.5. The van der Waals surface area contributed by atoms with Crippen LogP contribution < -0.4 is 10.1 Å². The summed E-state index contributed by atoms with van der Waals surface area (Å²) in [6.45, 7) is 7.76. The zero-order valence-electron chi connectivity index (χ0n) is 11.5. The lowest BCUT2D eigenvalue weighted by molar-refractivity contribution is 0.337. The maximum absolute atomic E-state index is 6.00. The predicted molar refractivity (Wildman–Crippen MR) is 74.2 cm³/mol. The average molecular weight is 247 g/mol. The van der Waals surface area contributed by atoms with E-state index in [0.29, 0.717) is 12.5 Å². The third kappa shape index (κ3) is 2.23. The number of benzene rings is 1. The van der Waals surface area contributed by atoms with Crippen LogP contribution in [0.5, 0.6) is 5.75 Å². The van der Waals surface area contributed by atoms with E-state index in [1.54, 1.807) is 0 Å². The minimum absolute atomic E-state index is 0.437. The van der Waals surface area contributed by atoms with Crippen LogP contribution in [0.2, 0.25) is 0 Å².